The Morgan fingerprint density at radius 2 is 1.74 bits per heavy atom. The Balaban J connectivity index is 1.81. The van der Waals surface area contributed by atoms with Crippen LogP contribution in [-0.2, 0) is 10.0 Å². The molecule has 0 saturated heterocycles. The number of benzene rings is 2. The highest BCUT2D eigenvalue weighted by atomic mass is 32.2. The molecule has 1 heterocycles. The lowest BCUT2D eigenvalue weighted by molar-refractivity contribution is 0.102. The molecule has 8 heteroatoms. The summed E-state index contributed by atoms with van der Waals surface area (Å²) in [6.07, 6.45) is 2.74. The molecule has 0 bridgehead atoms. The summed E-state index contributed by atoms with van der Waals surface area (Å²) in [7, 11) is -3.41. The second kappa shape index (κ2) is 7.55. The van der Waals surface area contributed by atoms with Gasteiger partial charge in [-0.05, 0) is 43.3 Å². The van der Waals surface area contributed by atoms with Gasteiger partial charge in [0.25, 0.3) is 5.91 Å². The Hall–Kier alpha value is -3.26. The van der Waals surface area contributed by atoms with Crippen molar-refractivity contribution in [1.82, 2.24) is 9.97 Å². The van der Waals surface area contributed by atoms with Gasteiger partial charge >= 0.3 is 0 Å². The van der Waals surface area contributed by atoms with E-state index in [-0.39, 0.29) is 5.91 Å². The van der Waals surface area contributed by atoms with E-state index >= 15 is 0 Å². The van der Waals surface area contributed by atoms with Gasteiger partial charge < -0.3 is 5.32 Å². The van der Waals surface area contributed by atoms with Crippen molar-refractivity contribution in [2.75, 3.05) is 16.3 Å². The van der Waals surface area contributed by atoms with E-state index in [9.17, 15) is 13.2 Å². The molecule has 0 fully saturated rings. The van der Waals surface area contributed by atoms with Crippen LogP contribution in [0.1, 0.15) is 16.2 Å². The Kier molecular flexibility index (Phi) is 5.18. The fraction of sp³-hybridized carbons (Fsp3) is 0.105. The first kappa shape index (κ1) is 18.5. The molecule has 0 saturated carbocycles. The molecule has 138 valence electrons. The fourth-order valence-electron chi connectivity index (χ4n) is 2.51. The Bertz CT molecular complexity index is 1100. The number of rotatable bonds is 5. The minimum absolute atomic E-state index is 0.329. The highest BCUT2D eigenvalue weighted by molar-refractivity contribution is 7.92. The molecule has 1 aromatic heterocycles. The summed E-state index contributed by atoms with van der Waals surface area (Å²) in [6, 6.07) is 15.4. The third-order valence-corrected chi connectivity index (χ3v) is 4.23. The smallest absolute Gasteiger partial charge is 0.255 e. The molecular weight excluding hydrogens is 364 g/mol. The number of nitrogens with one attached hydrogen (secondary N) is 2. The number of aryl methyl sites for hydroxylation is 1. The number of amides is 1. The maximum absolute atomic E-state index is 12.5. The average molecular weight is 382 g/mol. The molecular formula is C19H18N4O3S. The predicted molar refractivity (Wildman–Crippen MR) is 105 cm³/mol. The first-order valence-electron chi connectivity index (χ1n) is 8.09. The molecule has 0 aliphatic heterocycles. The van der Waals surface area contributed by atoms with Crippen LogP contribution in [0.4, 0.5) is 11.4 Å². The van der Waals surface area contributed by atoms with Crippen molar-refractivity contribution in [2.24, 2.45) is 0 Å². The monoisotopic (exact) mass is 382 g/mol. The van der Waals surface area contributed by atoms with Crippen LogP contribution in [0.25, 0.3) is 11.3 Å². The quantitative estimate of drug-likeness (QED) is 0.706. The standard InChI is InChI=1S/C19H18N4O3S/c1-13-20-10-9-18(21-13)14-5-3-7-16(11-14)22-19(24)15-6-4-8-17(12-15)23-27(2,25)26/h3-12,23H,1-2H3,(H,22,24). The van der Waals surface area contributed by atoms with E-state index in [4.69, 9.17) is 0 Å². The molecule has 0 radical (unpaired) electrons. The molecule has 2 N–H and O–H groups in total. The second-order valence-electron chi connectivity index (χ2n) is 5.98. The zero-order valence-corrected chi connectivity index (χ0v) is 15.6. The summed E-state index contributed by atoms with van der Waals surface area (Å²) in [5.74, 6) is 0.320. The van der Waals surface area contributed by atoms with Crippen LogP contribution in [0.15, 0.2) is 60.8 Å². The van der Waals surface area contributed by atoms with Gasteiger partial charge in [0.2, 0.25) is 10.0 Å². The molecule has 3 aromatic rings. The average Bonchev–Trinajstić information content (AvgIpc) is 2.61. The summed E-state index contributed by atoms with van der Waals surface area (Å²) < 4.78 is 25.0. The van der Waals surface area contributed by atoms with Crippen molar-refractivity contribution in [3.05, 3.63) is 72.2 Å². The molecule has 1 amide bonds. The van der Waals surface area contributed by atoms with Gasteiger partial charge in [0, 0.05) is 28.7 Å². The molecule has 27 heavy (non-hydrogen) atoms. The zero-order chi connectivity index (χ0) is 19.4. The molecule has 0 aliphatic rings. The lowest BCUT2D eigenvalue weighted by Gasteiger charge is -2.09. The van der Waals surface area contributed by atoms with Crippen LogP contribution in [0, 0.1) is 6.92 Å². The number of nitrogens with zero attached hydrogens (tertiary/aromatic N) is 2. The minimum Gasteiger partial charge on any atom is -0.322 e. The highest BCUT2D eigenvalue weighted by Crippen LogP contribution is 2.21. The summed E-state index contributed by atoms with van der Waals surface area (Å²) >= 11 is 0. The molecule has 3 rings (SSSR count). The van der Waals surface area contributed by atoms with E-state index in [0.717, 1.165) is 17.5 Å². The van der Waals surface area contributed by atoms with Crippen molar-refractivity contribution < 1.29 is 13.2 Å². The summed E-state index contributed by atoms with van der Waals surface area (Å²) in [5.41, 5.74) is 2.89. The van der Waals surface area contributed by atoms with Crippen molar-refractivity contribution in [1.29, 1.82) is 0 Å². The lowest BCUT2D eigenvalue weighted by Crippen LogP contribution is -2.14. The van der Waals surface area contributed by atoms with Gasteiger partial charge in [0.05, 0.1) is 11.9 Å². The normalized spacial score (nSPS) is 11.0. The summed E-state index contributed by atoms with van der Waals surface area (Å²) in [5, 5.41) is 2.81. The number of sulfonamides is 1. The molecule has 0 spiro atoms. The highest BCUT2D eigenvalue weighted by Gasteiger charge is 2.10. The van der Waals surface area contributed by atoms with Crippen molar-refractivity contribution >= 4 is 27.3 Å². The van der Waals surface area contributed by atoms with E-state index < -0.39 is 10.0 Å². The van der Waals surface area contributed by atoms with Crippen LogP contribution in [0.5, 0.6) is 0 Å². The van der Waals surface area contributed by atoms with Crippen LogP contribution in [0.3, 0.4) is 0 Å². The largest absolute Gasteiger partial charge is 0.322 e. The van der Waals surface area contributed by atoms with Gasteiger partial charge in [-0.15, -0.1) is 0 Å². The van der Waals surface area contributed by atoms with Gasteiger partial charge in [0.15, 0.2) is 0 Å². The Labute approximate surface area is 157 Å². The predicted octanol–water partition coefficient (Wildman–Crippen LogP) is 3.08. The molecule has 7 nitrogen and oxygen atoms in total. The topological polar surface area (TPSA) is 101 Å². The van der Waals surface area contributed by atoms with Gasteiger partial charge in [-0.2, -0.15) is 0 Å². The van der Waals surface area contributed by atoms with E-state index in [0.29, 0.717) is 22.8 Å². The number of anilines is 2. The number of carbonyl (C=O) groups is 1. The number of aromatic nitrogens is 2. The molecule has 0 aliphatic carbocycles. The maximum atomic E-state index is 12.5. The lowest BCUT2D eigenvalue weighted by atomic mass is 10.1. The fourth-order valence-corrected chi connectivity index (χ4v) is 3.07. The van der Waals surface area contributed by atoms with Crippen LogP contribution in [0.2, 0.25) is 0 Å². The van der Waals surface area contributed by atoms with Gasteiger partial charge in [-0.3, -0.25) is 9.52 Å². The summed E-state index contributed by atoms with van der Waals surface area (Å²) in [4.78, 5) is 21.0. The van der Waals surface area contributed by atoms with Crippen LogP contribution < -0.4 is 10.0 Å². The SMILES string of the molecule is Cc1nccc(-c2cccc(NC(=O)c3cccc(NS(C)(=O)=O)c3)c2)n1. The second-order valence-corrected chi connectivity index (χ2v) is 7.73. The number of hydrogen-bond acceptors (Lipinski definition) is 5. The maximum Gasteiger partial charge on any atom is 0.255 e. The van der Waals surface area contributed by atoms with E-state index in [1.165, 1.54) is 6.07 Å². The van der Waals surface area contributed by atoms with E-state index in [1.807, 2.05) is 25.1 Å². The minimum atomic E-state index is -3.41. The Morgan fingerprint density at radius 3 is 2.48 bits per heavy atom. The number of carbonyl (C=O) groups excluding carboxylic acids is 1. The van der Waals surface area contributed by atoms with E-state index in [2.05, 4.69) is 20.0 Å². The third kappa shape index (κ3) is 5.11. The first-order chi connectivity index (χ1) is 12.8. The van der Waals surface area contributed by atoms with Gasteiger partial charge in [0.1, 0.15) is 5.82 Å². The van der Waals surface area contributed by atoms with Crippen LogP contribution >= 0.6 is 0 Å². The van der Waals surface area contributed by atoms with Crippen molar-refractivity contribution in [2.45, 2.75) is 6.92 Å². The third-order valence-electron chi connectivity index (χ3n) is 3.62. The van der Waals surface area contributed by atoms with Crippen LogP contribution in [-0.4, -0.2) is 30.5 Å². The molecule has 2 aromatic carbocycles. The molecule has 0 atom stereocenters. The van der Waals surface area contributed by atoms with Crippen molar-refractivity contribution in [3.63, 3.8) is 0 Å². The van der Waals surface area contributed by atoms with Crippen molar-refractivity contribution in [3.8, 4) is 11.3 Å². The van der Waals surface area contributed by atoms with Gasteiger partial charge in [-0.25, -0.2) is 18.4 Å². The van der Waals surface area contributed by atoms with E-state index in [1.54, 1.807) is 36.5 Å². The molecule has 0 unspecified atom stereocenters. The first-order valence-corrected chi connectivity index (χ1v) is 9.99. The van der Waals surface area contributed by atoms with Gasteiger partial charge in [-0.1, -0.05) is 18.2 Å². The Morgan fingerprint density at radius 1 is 1.00 bits per heavy atom. The summed E-state index contributed by atoms with van der Waals surface area (Å²) in [6.45, 7) is 1.81. The zero-order valence-electron chi connectivity index (χ0n) is 14.8. The number of hydrogen-bond donors (Lipinski definition) is 2.